The summed E-state index contributed by atoms with van der Waals surface area (Å²) < 4.78 is 0. The fourth-order valence-corrected chi connectivity index (χ4v) is 2.11. The molecule has 0 fully saturated rings. The van der Waals surface area contributed by atoms with E-state index in [1.165, 1.54) is 12.8 Å². The first-order valence-corrected chi connectivity index (χ1v) is 10.6. The van der Waals surface area contributed by atoms with Gasteiger partial charge in [-0.05, 0) is 6.42 Å². The summed E-state index contributed by atoms with van der Waals surface area (Å²) in [5.74, 6) is 0.894. The molecule has 0 N–H and O–H groups in total. The van der Waals surface area contributed by atoms with Crippen molar-refractivity contribution in [2.75, 3.05) is 14.1 Å². The predicted molar refractivity (Wildman–Crippen MR) is 122 cm³/mol. The van der Waals surface area contributed by atoms with Crippen molar-refractivity contribution < 1.29 is 14.4 Å². The molecule has 0 aromatic heterocycles. The quantitative estimate of drug-likeness (QED) is 0.509. The molecule has 0 atom stereocenters. The van der Waals surface area contributed by atoms with Crippen molar-refractivity contribution in [2.24, 2.45) is 16.2 Å². The van der Waals surface area contributed by atoms with Crippen molar-refractivity contribution in [1.29, 1.82) is 0 Å². The summed E-state index contributed by atoms with van der Waals surface area (Å²) in [6, 6.07) is 0. The van der Waals surface area contributed by atoms with Gasteiger partial charge >= 0.3 is 0 Å². The summed E-state index contributed by atoms with van der Waals surface area (Å²) in [6.45, 7) is 21.6. The molecule has 0 heterocycles. The molecular formula is C24H49NO3. The molecule has 0 aliphatic rings. The van der Waals surface area contributed by atoms with Gasteiger partial charge in [0.25, 0.3) is 0 Å². The Kier molecular flexibility index (Phi) is 15.6. The van der Waals surface area contributed by atoms with Crippen LogP contribution in [-0.4, -0.2) is 36.5 Å². The van der Waals surface area contributed by atoms with E-state index in [1.807, 2.05) is 69.2 Å². The summed E-state index contributed by atoms with van der Waals surface area (Å²) in [4.78, 5) is 34.9. The van der Waals surface area contributed by atoms with Gasteiger partial charge in [-0.2, -0.15) is 0 Å². The summed E-state index contributed by atoms with van der Waals surface area (Å²) in [7, 11) is 3.54. The van der Waals surface area contributed by atoms with Gasteiger partial charge in [0.1, 0.15) is 11.6 Å². The molecule has 0 unspecified atom stereocenters. The van der Waals surface area contributed by atoms with E-state index in [2.05, 4.69) is 6.92 Å². The molecule has 0 radical (unpaired) electrons. The third kappa shape index (κ3) is 18.2. The number of ketones is 2. The normalized spacial score (nSPS) is 11.5. The molecule has 168 valence electrons. The molecule has 0 spiro atoms. The van der Waals surface area contributed by atoms with E-state index in [-0.39, 0.29) is 22.2 Å². The molecule has 0 aliphatic heterocycles. The number of hydrogen-bond donors (Lipinski definition) is 0. The fraction of sp³-hybridized carbons (Fsp3) is 0.875. The number of rotatable bonds is 5. The van der Waals surface area contributed by atoms with Crippen LogP contribution in [0.5, 0.6) is 0 Å². The van der Waals surface area contributed by atoms with Crippen LogP contribution in [0.3, 0.4) is 0 Å². The average Bonchev–Trinajstić information content (AvgIpc) is 2.51. The molecular weight excluding hydrogens is 350 g/mol. The highest BCUT2D eigenvalue weighted by atomic mass is 16.2. The lowest BCUT2D eigenvalue weighted by molar-refractivity contribution is -0.136. The third-order valence-corrected chi connectivity index (χ3v) is 4.05. The number of Topliss-reactive ketones (excluding diaryl/α,β-unsaturated/α-hetero) is 2. The van der Waals surface area contributed by atoms with E-state index in [9.17, 15) is 14.4 Å². The first-order chi connectivity index (χ1) is 12.3. The Morgan fingerprint density at radius 2 is 1.04 bits per heavy atom. The smallest absolute Gasteiger partial charge is 0.227 e. The molecule has 0 bridgehead atoms. The molecule has 0 aromatic rings. The van der Waals surface area contributed by atoms with Crippen molar-refractivity contribution in [2.45, 2.75) is 108 Å². The molecule has 0 saturated carbocycles. The van der Waals surface area contributed by atoms with Crippen LogP contribution < -0.4 is 0 Å². The standard InChI is InChI=1S/C10H20O.C7H15NO.C7H14O/c1-5-6-7-8-9(11)10(2,3)4;1-7(2,3)6(9)8(4)5;1-5-6(8)7(2,3)4/h5-8H2,1-4H3;1-5H3;5H2,1-4H3. The average molecular weight is 400 g/mol. The lowest BCUT2D eigenvalue weighted by atomic mass is 9.88. The van der Waals surface area contributed by atoms with Crippen LogP contribution in [-0.2, 0) is 14.4 Å². The Morgan fingerprint density at radius 3 is 1.18 bits per heavy atom. The monoisotopic (exact) mass is 399 g/mol. The summed E-state index contributed by atoms with van der Waals surface area (Å²) >= 11 is 0. The molecule has 0 rings (SSSR count). The minimum absolute atomic E-state index is 0.130. The van der Waals surface area contributed by atoms with Crippen molar-refractivity contribution in [1.82, 2.24) is 4.90 Å². The minimum Gasteiger partial charge on any atom is -0.348 e. The summed E-state index contributed by atoms with van der Waals surface area (Å²) in [5, 5.41) is 0. The van der Waals surface area contributed by atoms with Gasteiger partial charge < -0.3 is 4.90 Å². The van der Waals surface area contributed by atoms with Crippen LogP contribution in [0.25, 0.3) is 0 Å². The van der Waals surface area contributed by atoms with Crippen LogP contribution in [0, 0.1) is 16.2 Å². The van der Waals surface area contributed by atoms with Crippen LogP contribution in [0.15, 0.2) is 0 Å². The predicted octanol–water partition coefficient (Wildman–Crippen LogP) is 6.31. The second-order valence-corrected chi connectivity index (χ2v) is 10.6. The van der Waals surface area contributed by atoms with Gasteiger partial charge in [0.05, 0.1) is 0 Å². The lowest BCUT2D eigenvalue weighted by Gasteiger charge is -2.21. The van der Waals surface area contributed by atoms with Crippen molar-refractivity contribution in [3.63, 3.8) is 0 Å². The Labute approximate surface area is 175 Å². The lowest BCUT2D eigenvalue weighted by Crippen LogP contribution is -2.33. The van der Waals surface area contributed by atoms with E-state index in [0.717, 1.165) is 12.8 Å². The van der Waals surface area contributed by atoms with Gasteiger partial charge in [-0.1, -0.05) is 89.0 Å². The largest absolute Gasteiger partial charge is 0.348 e. The molecule has 4 nitrogen and oxygen atoms in total. The Morgan fingerprint density at radius 1 is 0.643 bits per heavy atom. The van der Waals surface area contributed by atoms with Crippen molar-refractivity contribution >= 4 is 17.5 Å². The summed E-state index contributed by atoms with van der Waals surface area (Å²) in [6.07, 6.45) is 4.85. The topological polar surface area (TPSA) is 54.5 Å². The van der Waals surface area contributed by atoms with Gasteiger partial charge in [0, 0.05) is 43.2 Å². The maximum absolute atomic E-state index is 11.3. The zero-order valence-electron chi connectivity index (χ0n) is 21.2. The second-order valence-electron chi connectivity index (χ2n) is 10.6. The highest BCUT2D eigenvalue weighted by Crippen LogP contribution is 2.18. The SMILES string of the molecule is CCC(=O)C(C)(C)C.CCCCCC(=O)C(C)(C)C.CN(C)C(=O)C(C)(C)C. The highest BCUT2D eigenvalue weighted by Gasteiger charge is 2.22. The Balaban J connectivity index is -0.000000340. The van der Waals surface area contributed by atoms with E-state index < -0.39 is 0 Å². The van der Waals surface area contributed by atoms with Gasteiger partial charge in [-0.15, -0.1) is 0 Å². The van der Waals surface area contributed by atoms with E-state index >= 15 is 0 Å². The van der Waals surface area contributed by atoms with Crippen molar-refractivity contribution in [3.8, 4) is 0 Å². The van der Waals surface area contributed by atoms with Crippen molar-refractivity contribution in [3.05, 3.63) is 0 Å². The maximum Gasteiger partial charge on any atom is 0.227 e. The first-order valence-electron chi connectivity index (χ1n) is 10.6. The fourth-order valence-electron chi connectivity index (χ4n) is 2.11. The van der Waals surface area contributed by atoms with Crippen LogP contribution in [0.2, 0.25) is 0 Å². The molecule has 0 aliphatic carbocycles. The zero-order chi connectivity index (χ0) is 23.3. The molecule has 1 amide bonds. The van der Waals surface area contributed by atoms with Gasteiger partial charge in [-0.3, -0.25) is 14.4 Å². The van der Waals surface area contributed by atoms with Crippen LogP contribution in [0.4, 0.5) is 0 Å². The van der Waals surface area contributed by atoms with Gasteiger partial charge in [-0.25, -0.2) is 0 Å². The number of unbranched alkanes of at least 4 members (excludes halogenated alkanes) is 2. The molecule has 0 aromatic carbocycles. The summed E-state index contributed by atoms with van der Waals surface area (Å²) in [5.41, 5.74) is -0.494. The molecule has 0 saturated heterocycles. The Bertz CT molecular complexity index is 458. The van der Waals surface area contributed by atoms with E-state index in [0.29, 0.717) is 18.0 Å². The van der Waals surface area contributed by atoms with Gasteiger partial charge in [0.15, 0.2) is 0 Å². The highest BCUT2D eigenvalue weighted by molar-refractivity contribution is 5.83. The number of carbonyl (C=O) groups excluding carboxylic acids is 3. The second kappa shape index (κ2) is 13.9. The maximum atomic E-state index is 11.3. The Hall–Kier alpha value is -1.19. The number of nitrogens with zero attached hydrogens (tertiary/aromatic N) is 1. The number of amides is 1. The van der Waals surface area contributed by atoms with Crippen LogP contribution >= 0.6 is 0 Å². The van der Waals surface area contributed by atoms with Crippen LogP contribution in [0.1, 0.15) is 108 Å². The zero-order valence-corrected chi connectivity index (χ0v) is 21.2. The molecule has 4 heteroatoms. The molecule has 28 heavy (non-hydrogen) atoms. The van der Waals surface area contributed by atoms with Gasteiger partial charge in [0.2, 0.25) is 5.91 Å². The van der Waals surface area contributed by atoms with E-state index in [1.54, 1.807) is 19.0 Å². The minimum atomic E-state index is -0.233. The third-order valence-electron chi connectivity index (χ3n) is 4.05. The van der Waals surface area contributed by atoms with E-state index in [4.69, 9.17) is 0 Å². The number of hydrogen-bond acceptors (Lipinski definition) is 3. The number of carbonyl (C=O) groups is 3. The first kappa shape index (κ1) is 31.5.